The SMILES string of the molecule is CC/C=C\C/C=C\C/C=C\C/C=C\C/C=C\CCCCCC(=O)OCC(COP(=O)(O)OCC(O)COP(=O)(O)OCC(COC(=O)CCCCCCCC/C=C\C/C=C\C/C=C\C/C=C\CC)OC(=O)CCCCCCCC/C=C\C/C=C\C/C=C\C/C=C\CC)OC(=O)CCCCCCC/C=C\CCCCCC. The molecular weight excluding hydrogens is 1430 g/mol. The van der Waals surface area contributed by atoms with Crippen molar-refractivity contribution in [2.75, 3.05) is 39.6 Å². The van der Waals surface area contributed by atoms with E-state index in [1.807, 2.05) is 0 Å². The molecule has 0 aromatic carbocycles. The fourth-order valence-corrected chi connectivity index (χ4v) is 12.4. The zero-order valence-corrected chi connectivity index (χ0v) is 70.4. The van der Waals surface area contributed by atoms with E-state index in [1.165, 1.54) is 25.7 Å². The second kappa shape index (κ2) is 81.4. The van der Waals surface area contributed by atoms with Crippen LogP contribution in [-0.2, 0) is 65.4 Å². The highest BCUT2D eigenvalue weighted by Crippen LogP contribution is 2.45. The molecule has 0 bridgehead atoms. The van der Waals surface area contributed by atoms with Gasteiger partial charge in [-0.15, -0.1) is 0 Å². The summed E-state index contributed by atoms with van der Waals surface area (Å²) in [6.45, 7) is 4.46. The average Bonchev–Trinajstić information content (AvgIpc) is 0.942. The van der Waals surface area contributed by atoms with Crippen molar-refractivity contribution in [3.8, 4) is 0 Å². The van der Waals surface area contributed by atoms with Crippen molar-refractivity contribution in [2.24, 2.45) is 0 Å². The van der Waals surface area contributed by atoms with Gasteiger partial charge in [-0.1, -0.05) is 294 Å². The lowest BCUT2D eigenvalue weighted by Crippen LogP contribution is -2.30. The number of unbranched alkanes of at least 4 members (excludes halogenated alkanes) is 24. The van der Waals surface area contributed by atoms with E-state index < -0.39 is 97.5 Å². The molecule has 19 heteroatoms. The van der Waals surface area contributed by atoms with Crippen molar-refractivity contribution in [1.29, 1.82) is 0 Å². The minimum Gasteiger partial charge on any atom is -0.462 e. The Morgan fingerprint density at radius 1 is 0.264 bits per heavy atom. The molecule has 0 heterocycles. The van der Waals surface area contributed by atoms with Gasteiger partial charge in [-0.3, -0.25) is 37.3 Å². The Kier molecular flexibility index (Phi) is 77.3. The lowest BCUT2D eigenvalue weighted by atomic mass is 10.1. The minimum absolute atomic E-state index is 0.0689. The molecule has 0 aliphatic rings. The molecule has 0 aromatic heterocycles. The quantitative estimate of drug-likeness (QED) is 0.0169. The van der Waals surface area contributed by atoms with Gasteiger partial charge in [0.15, 0.2) is 12.2 Å². The fourth-order valence-electron chi connectivity index (χ4n) is 10.8. The van der Waals surface area contributed by atoms with Crippen LogP contribution >= 0.6 is 15.6 Å². The van der Waals surface area contributed by atoms with E-state index in [-0.39, 0.29) is 25.7 Å². The lowest BCUT2D eigenvalue weighted by molar-refractivity contribution is -0.161. The lowest BCUT2D eigenvalue weighted by Gasteiger charge is -2.21. The number of allylic oxidation sites excluding steroid dienone is 28. The molecule has 0 rings (SSSR count). The molecule has 0 aliphatic heterocycles. The first-order valence-corrected chi connectivity index (χ1v) is 45.4. The number of aliphatic hydroxyl groups is 1. The zero-order valence-electron chi connectivity index (χ0n) is 68.6. The van der Waals surface area contributed by atoms with Gasteiger partial charge in [-0.2, -0.15) is 0 Å². The number of phosphoric acid groups is 2. The number of hydrogen-bond donors (Lipinski definition) is 3. The van der Waals surface area contributed by atoms with Gasteiger partial charge in [0.25, 0.3) is 0 Å². The van der Waals surface area contributed by atoms with Gasteiger partial charge in [0.2, 0.25) is 0 Å². The molecule has 110 heavy (non-hydrogen) atoms. The predicted octanol–water partition coefficient (Wildman–Crippen LogP) is 25.3. The number of carbonyl (C=O) groups is 4. The van der Waals surface area contributed by atoms with Crippen molar-refractivity contribution in [2.45, 2.75) is 341 Å². The van der Waals surface area contributed by atoms with Gasteiger partial charge in [0, 0.05) is 25.7 Å². The Labute approximate surface area is 667 Å². The summed E-state index contributed by atoms with van der Waals surface area (Å²) in [5.41, 5.74) is 0. The largest absolute Gasteiger partial charge is 0.472 e. The molecule has 0 spiro atoms. The van der Waals surface area contributed by atoms with Crippen molar-refractivity contribution >= 4 is 39.5 Å². The first kappa shape index (κ1) is 104. The molecular formula is C91H150O17P2. The Morgan fingerprint density at radius 3 is 0.745 bits per heavy atom. The highest BCUT2D eigenvalue weighted by molar-refractivity contribution is 7.47. The van der Waals surface area contributed by atoms with E-state index in [9.17, 15) is 43.2 Å². The van der Waals surface area contributed by atoms with Gasteiger partial charge in [0.05, 0.1) is 26.4 Å². The fraction of sp³-hybridized carbons (Fsp3) is 0.648. The Bertz CT molecular complexity index is 2750. The van der Waals surface area contributed by atoms with E-state index in [1.54, 1.807) is 0 Å². The van der Waals surface area contributed by atoms with Gasteiger partial charge in [-0.25, -0.2) is 9.13 Å². The van der Waals surface area contributed by atoms with E-state index in [4.69, 9.17) is 37.0 Å². The zero-order chi connectivity index (χ0) is 80.3. The maximum atomic E-state index is 13.1. The third kappa shape index (κ3) is 80.5. The first-order chi connectivity index (χ1) is 53.7. The maximum Gasteiger partial charge on any atom is 0.472 e. The summed E-state index contributed by atoms with van der Waals surface area (Å²) in [5.74, 6) is -2.26. The van der Waals surface area contributed by atoms with Crippen LogP contribution in [-0.4, -0.2) is 96.7 Å². The van der Waals surface area contributed by atoms with E-state index >= 15 is 0 Å². The Hall–Kier alpha value is -5.58. The molecule has 17 nitrogen and oxygen atoms in total. The highest BCUT2D eigenvalue weighted by Gasteiger charge is 2.30. The summed E-state index contributed by atoms with van der Waals surface area (Å²) in [5, 5.41) is 10.7. The number of aliphatic hydroxyl groups excluding tert-OH is 1. The molecule has 0 saturated carbocycles. The first-order valence-electron chi connectivity index (χ1n) is 42.4. The molecule has 0 aromatic rings. The van der Waals surface area contributed by atoms with Gasteiger partial charge >= 0.3 is 39.5 Å². The van der Waals surface area contributed by atoms with Gasteiger partial charge < -0.3 is 33.8 Å². The normalized spacial score (nSPS) is 14.6. The molecule has 0 saturated heterocycles. The molecule has 5 unspecified atom stereocenters. The number of phosphoric ester groups is 2. The number of esters is 4. The van der Waals surface area contributed by atoms with Crippen LogP contribution in [0.25, 0.3) is 0 Å². The van der Waals surface area contributed by atoms with Crippen LogP contribution in [0.2, 0.25) is 0 Å². The summed E-state index contributed by atoms with van der Waals surface area (Å²) < 4.78 is 68.8. The predicted molar refractivity (Wildman–Crippen MR) is 454 cm³/mol. The highest BCUT2D eigenvalue weighted by atomic mass is 31.2. The molecule has 5 atom stereocenters. The van der Waals surface area contributed by atoms with Crippen LogP contribution in [0.5, 0.6) is 0 Å². The number of ether oxygens (including phenoxy) is 4. The van der Waals surface area contributed by atoms with Crippen molar-refractivity contribution in [3.05, 3.63) is 170 Å². The van der Waals surface area contributed by atoms with Gasteiger partial charge in [0.1, 0.15) is 19.3 Å². The second-order valence-electron chi connectivity index (χ2n) is 27.6. The summed E-state index contributed by atoms with van der Waals surface area (Å²) in [6, 6.07) is 0. The summed E-state index contributed by atoms with van der Waals surface area (Å²) >= 11 is 0. The molecule has 0 amide bonds. The van der Waals surface area contributed by atoms with Crippen LogP contribution in [0, 0.1) is 0 Å². The smallest absolute Gasteiger partial charge is 0.462 e. The topological polar surface area (TPSA) is 237 Å². The van der Waals surface area contributed by atoms with Crippen LogP contribution in [0.1, 0.15) is 323 Å². The minimum atomic E-state index is -5.00. The number of carbonyl (C=O) groups excluding carboxylic acids is 4. The maximum absolute atomic E-state index is 13.1. The third-order valence-corrected chi connectivity index (χ3v) is 19.1. The van der Waals surface area contributed by atoms with Crippen LogP contribution in [0.4, 0.5) is 0 Å². The van der Waals surface area contributed by atoms with Crippen LogP contribution in [0.15, 0.2) is 170 Å². The molecule has 0 aliphatic carbocycles. The van der Waals surface area contributed by atoms with E-state index in [0.717, 1.165) is 218 Å². The molecule has 0 fully saturated rings. The third-order valence-electron chi connectivity index (χ3n) is 17.2. The van der Waals surface area contributed by atoms with Gasteiger partial charge in [-0.05, 0) is 173 Å². The van der Waals surface area contributed by atoms with E-state index in [0.29, 0.717) is 25.7 Å². The van der Waals surface area contributed by atoms with E-state index in [2.05, 4.69) is 198 Å². The Balaban J connectivity index is 5.43. The number of hydrogen-bond acceptors (Lipinski definition) is 15. The second-order valence-corrected chi connectivity index (χ2v) is 30.5. The summed E-state index contributed by atoms with van der Waals surface area (Å²) in [4.78, 5) is 73.2. The molecule has 3 N–H and O–H groups in total. The van der Waals surface area contributed by atoms with Crippen molar-refractivity contribution < 1.29 is 80.2 Å². The van der Waals surface area contributed by atoms with Crippen LogP contribution < -0.4 is 0 Å². The summed E-state index contributed by atoms with van der Waals surface area (Å²) in [7, 11) is -10.00. The summed E-state index contributed by atoms with van der Waals surface area (Å²) in [6.07, 6.45) is 97.4. The molecule has 0 radical (unpaired) electrons. The Morgan fingerprint density at radius 2 is 0.473 bits per heavy atom. The monoisotopic (exact) mass is 1580 g/mol. The molecule has 626 valence electrons. The average molecular weight is 1580 g/mol. The standard InChI is InChI=1S/C91H150O17P2/c1-5-9-13-17-21-25-29-33-36-39-42-45-48-52-55-59-63-67-71-75-88(93)101-81-86(107-90(95)77-73-69-65-61-57-51-32-28-24-20-16-12-8-4)83-105-109(97,98)103-79-85(92)80-104-110(99,100)106-84-87(108-91(96)78-74-70-66-62-58-54-50-47-44-41-38-35-31-27-23-19-15-11-7-3)82-102-89(94)76-72-68-64-60-56-53-49-46-43-40-37-34-30-26-22-18-14-10-6-2/h9-11,13-15,21-23,25-28,32-38,42-47,52,55,85-87,92H,5-8,12,16-20,24,29-31,39-41,48-51,53-54,56-84H2,1-4H3,(H,97,98)(H,99,100)/b13-9-,14-10-,15-11-,25-21-,26-22-,27-23-,32-28-,36-33-,37-34-,38-35-,45-42-,46-43-,47-44-,55-52-. The van der Waals surface area contributed by atoms with Crippen molar-refractivity contribution in [1.82, 2.24) is 0 Å². The number of rotatable bonds is 78. The van der Waals surface area contributed by atoms with Crippen LogP contribution in [0.3, 0.4) is 0 Å². The van der Waals surface area contributed by atoms with Crippen molar-refractivity contribution in [3.63, 3.8) is 0 Å².